The molecule has 2 aromatic carbocycles. The van der Waals surface area contributed by atoms with Gasteiger partial charge in [-0.2, -0.15) is 5.26 Å². The second-order valence-electron chi connectivity index (χ2n) is 4.43. The molecule has 1 heterocycles. The molecule has 0 saturated heterocycles. The predicted molar refractivity (Wildman–Crippen MR) is 85.1 cm³/mol. The van der Waals surface area contributed by atoms with Crippen molar-refractivity contribution in [1.82, 2.24) is 4.98 Å². The fourth-order valence-electron chi connectivity index (χ4n) is 1.97. The van der Waals surface area contributed by atoms with Gasteiger partial charge in [0.25, 0.3) is 0 Å². The second-order valence-corrected chi connectivity index (χ2v) is 5.35. The standard InChI is InChI=1S/C16H10BrN3O/c17-12-5-6-15(13(19)8-12)21-16-11(9-18)7-10-3-1-2-4-14(10)20-16/h1-8H,19H2. The fourth-order valence-corrected chi connectivity index (χ4v) is 2.35. The zero-order valence-corrected chi connectivity index (χ0v) is 12.5. The Bertz CT molecular complexity index is 871. The molecule has 0 spiro atoms. The van der Waals surface area contributed by atoms with Crippen molar-refractivity contribution in [3.05, 3.63) is 58.6 Å². The maximum atomic E-state index is 9.26. The number of fused-ring (bicyclic) bond motifs is 1. The van der Waals surface area contributed by atoms with Crippen LogP contribution in [0.15, 0.2) is 53.0 Å². The van der Waals surface area contributed by atoms with Crippen molar-refractivity contribution in [2.45, 2.75) is 0 Å². The molecule has 0 radical (unpaired) electrons. The Morgan fingerprint density at radius 2 is 1.95 bits per heavy atom. The number of nitrogens with zero attached hydrogens (tertiary/aromatic N) is 2. The number of pyridine rings is 1. The van der Waals surface area contributed by atoms with Gasteiger partial charge in [0.1, 0.15) is 11.6 Å². The monoisotopic (exact) mass is 339 g/mol. The highest BCUT2D eigenvalue weighted by Gasteiger charge is 2.11. The number of hydrogen-bond donors (Lipinski definition) is 1. The first kappa shape index (κ1) is 13.4. The van der Waals surface area contributed by atoms with Gasteiger partial charge in [0.05, 0.1) is 11.2 Å². The van der Waals surface area contributed by atoms with E-state index in [9.17, 15) is 5.26 Å². The molecule has 0 aliphatic heterocycles. The summed E-state index contributed by atoms with van der Waals surface area (Å²) in [6.07, 6.45) is 0. The molecular formula is C16H10BrN3O. The maximum absolute atomic E-state index is 9.26. The number of nitrogens with two attached hydrogens (primary N) is 1. The molecular weight excluding hydrogens is 330 g/mol. The van der Waals surface area contributed by atoms with Crippen LogP contribution in [0.25, 0.3) is 10.9 Å². The first-order valence-electron chi connectivity index (χ1n) is 6.20. The lowest BCUT2D eigenvalue weighted by molar-refractivity contribution is 0.465. The quantitative estimate of drug-likeness (QED) is 0.708. The molecule has 0 aliphatic carbocycles. The summed E-state index contributed by atoms with van der Waals surface area (Å²) in [6.45, 7) is 0. The fraction of sp³-hybridized carbons (Fsp3) is 0. The SMILES string of the molecule is N#Cc1cc2ccccc2nc1Oc1ccc(Br)cc1N. The van der Waals surface area contributed by atoms with Crippen molar-refractivity contribution in [1.29, 1.82) is 5.26 Å². The van der Waals surface area contributed by atoms with Crippen molar-refractivity contribution in [3.63, 3.8) is 0 Å². The summed E-state index contributed by atoms with van der Waals surface area (Å²) in [5, 5.41) is 10.2. The highest BCUT2D eigenvalue weighted by molar-refractivity contribution is 9.10. The zero-order chi connectivity index (χ0) is 14.8. The molecule has 0 amide bonds. The molecule has 1 aromatic heterocycles. The zero-order valence-electron chi connectivity index (χ0n) is 10.9. The van der Waals surface area contributed by atoms with Crippen LogP contribution in [-0.4, -0.2) is 4.98 Å². The van der Waals surface area contributed by atoms with Crippen molar-refractivity contribution in [2.24, 2.45) is 0 Å². The van der Waals surface area contributed by atoms with E-state index in [-0.39, 0.29) is 5.88 Å². The van der Waals surface area contributed by atoms with Gasteiger partial charge in [0.15, 0.2) is 5.75 Å². The van der Waals surface area contributed by atoms with E-state index in [2.05, 4.69) is 27.0 Å². The smallest absolute Gasteiger partial charge is 0.237 e. The van der Waals surface area contributed by atoms with Crippen molar-refractivity contribution < 1.29 is 4.74 Å². The average molecular weight is 340 g/mol. The van der Waals surface area contributed by atoms with E-state index < -0.39 is 0 Å². The van der Waals surface area contributed by atoms with Crippen LogP contribution in [0.1, 0.15) is 5.56 Å². The summed E-state index contributed by atoms with van der Waals surface area (Å²) < 4.78 is 6.58. The van der Waals surface area contributed by atoms with Crippen LogP contribution in [0.3, 0.4) is 0 Å². The Morgan fingerprint density at radius 1 is 1.14 bits per heavy atom. The van der Waals surface area contributed by atoms with Crippen LogP contribution in [0, 0.1) is 11.3 Å². The lowest BCUT2D eigenvalue weighted by Crippen LogP contribution is -1.96. The summed E-state index contributed by atoms with van der Waals surface area (Å²) in [6, 6.07) is 16.7. The average Bonchev–Trinajstić information content (AvgIpc) is 2.49. The van der Waals surface area contributed by atoms with E-state index in [1.54, 1.807) is 18.2 Å². The molecule has 21 heavy (non-hydrogen) atoms. The molecule has 0 fully saturated rings. The number of rotatable bonds is 2. The minimum atomic E-state index is 0.255. The molecule has 3 rings (SSSR count). The normalized spacial score (nSPS) is 10.3. The Kier molecular flexibility index (Phi) is 3.46. The van der Waals surface area contributed by atoms with Gasteiger partial charge in [-0.1, -0.05) is 34.1 Å². The summed E-state index contributed by atoms with van der Waals surface area (Å²) in [7, 11) is 0. The topological polar surface area (TPSA) is 71.9 Å². The Labute approximate surface area is 129 Å². The molecule has 0 saturated carbocycles. The molecule has 0 bridgehead atoms. The number of benzene rings is 2. The van der Waals surface area contributed by atoms with E-state index >= 15 is 0 Å². The number of aromatic nitrogens is 1. The number of nitrogen functional groups attached to an aromatic ring is 1. The van der Waals surface area contributed by atoms with E-state index in [1.807, 2.05) is 30.3 Å². The van der Waals surface area contributed by atoms with Gasteiger partial charge in [-0.3, -0.25) is 0 Å². The molecule has 0 unspecified atom stereocenters. The Hall–Kier alpha value is -2.58. The highest BCUT2D eigenvalue weighted by Crippen LogP contribution is 2.31. The first-order chi connectivity index (χ1) is 10.2. The van der Waals surface area contributed by atoms with E-state index in [0.29, 0.717) is 17.0 Å². The number of hydrogen-bond acceptors (Lipinski definition) is 4. The van der Waals surface area contributed by atoms with E-state index in [1.165, 1.54) is 0 Å². The number of anilines is 1. The Balaban J connectivity index is 2.09. The van der Waals surface area contributed by atoms with Crippen molar-refractivity contribution in [2.75, 3.05) is 5.73 Å². The molecule has 3 aromatic rings. The third-order valence-electron chi connectivity index (χ3n) is 2.99. The molecule has 0 aliphatic rings. The van der Waals surface area contributed by atoms with E-state index in [0.717, 1.165) is 15.4 Å². The lowest BCUT2D eigenvalue weighted by atomic mass is 10.1. The predicted octanol–water partition coefficient (Wildman–Crippen LogP) is 4.24. The van der Waals surface area contributed by atoms with E-state index in [4.69, 9.17) is 10.5 Å². The molecule has 4 nitrogen and oxygen atoms in total. The minimum absolute atomic E-state index is 0.255. The summed E-state index contributed by atoms with van der Waals surface area (Å²) in [5.41, 5.74) is 7.52. The van der Waals surface area contributed by atoms with Gasteiger partial charge >= 0.3 is 0 Å². The van der Waals surface area contributed by atoms with Crippen LogP contribution < -0.4 is 10.5 Å². The third kappa shape index (κ3) is 2.67. The number of para-hydroxylation sites is 1. The summed E-state index contributed by atoms with van der Waals surface area (Å²) >= 11 is 3.34. The van der Waals surface area contributed by atoms with Crippen molar-refractivity contribution >= 4 is 32.5 Å². The summed E-state index contributed by atoms with van der Waals surface area (Å²) in [5.74, 6) is 0.725. The van der Waals surface area contributed by atoms with Crippen molar-refractivity contribution in [3.8, 4) is 17.7 Å². The second kappa shape index (κ2) is 5.43. The maximum Gasteiger partial charge on any atom is 0.237 e. The number of nitriles is 1. The van der Waals surface area contributed by atoms with Gasteiger partial charge in [-0.15, -0.1) is 0 Å². The number of ether oxygens (including phenoxy) is 1. The third-order valence-corrected chi connectivity index (χ3v) is 3.48. The number of halogens is 1. The molecule has 2 N–H and O–H groups in total. The van der Waals surface area contributed by atoms with Gasteiger partial charge in [-0.25, -0.2) is 4.98 Å². The molecule has 5 heteroatoms. The van der Waals surface area contributed by atoms with Gasteiger partial charge in [0.2, 0.25) is 5.88 Å². The van der Waals surface area contributed by atoms with Crippen LogP contribution >= 0.6 is 15.9 Å². The molecule has 0 atom stereocenters. The lowest BCUT2D eigenvalue weighted by Gasteiger charge is -2.10. The van der Waals surface area contributed by atoms with Gasteiger partial charge in [0, 0.05) is 9.86 Å². The highest BCUT2D eigenvalue weighted by atomic mass is 79.9. The largest absolute Gasteiger partial charge is 0.435 e. The van der Waals surface area contributed by atoms with Crippen LogP contribution in [0.5, 0.6) is 11.6 Å². The van der Waals surface area contributed by atoms with Crippen LogP contribution in [0.4, 0.5) is 5.69 Å². The first-order valence-corrected chi connectivity index (χ1v) is 6.99. The molecule has 102 valence electrons. The van der Waals surface area contributed by atoms with Crippen LogP contribution in [0.2, 0.25) is 0 Å². The Morgan fingerprint density at radius 3 is 2.71 bits per heavy atom. The van der Waals surface area contributed by atoms with Gasteiger partial charge < -0.3 is 10.5 Å². The van der Waals surface area contributed by atoms with Crippen LogP contribution in [-0.2, 0) is 0 Å². The minimum Gasteiger partial charge on any atom is -0.435 e. The van der Waals surface area contributed by atoms with Gasteiger partial charge in [-0.05, 0) is 30.3 Å². The summed E-state index contributed by atoms with van der Waals surface area (Å²) in [4.78, 5) is 4.39.